The Morgan fingerprint density at radius 3 is 2.50 bits per heavy atom. The average Bonchev–Trinajstić information content (AvgIpc) is 2.46. The Kier molecular flexibility index (Phi) is 5.36. The third kappa shape index (κ3) is 4.49. The van der Waals surface area contributed by atoms with E-state index >= 15 is 0 Å². The van der Waals surface area contributed by atoms with Gasteiger partial charge in [0.1, 0.15) is 0 Å². The number of hydrogen-bond donors (Lipinski definition) is 1. The Labute approximate surface area is 121 Å². The Morgan fingerprint density at radius 2 is 1.90 bits per heavy atom. The molecule has 0 spiro atoms. The molecule has 2 rings (SSSR count). The number of nitrogens with one attached hydrogen (secondary N) is 1. The topological polar surface area (TPSA) is 32.3 Å². The van der Waals surface area contributed by atoms with E-state index in [2.05, 4.69) is 60.7 Å². The molecular formula is C17H24N2O. The summed E-state index contributed by atoms with van der Waals surface area (Å²) in [7, 11) is 4.12. The molecule has 0 fully saturated rings. The summed E-state index contributed by atoms with van der Waals surface area (Å²) >= 11 is 0. The molecule has 0 radical (unpaired) electrons. The SMILES string of the molecule is CN(C)Cc1ccc(CNC(=O)C2CC=CCC2)cc1. The van der Waals surface area contributed by atoms with Gasteiger partial charge < -0.3 is 10.2 Å². The van der Waals surface area contributed by atoms with Gasteiger partial charge in [0.15, 0.2) is 0 Å². The Bertz CT molecular complexity index is 462. The maximum atomic E-state index is 12.0. The van der Waals surface area contributed by atoms with E-state index in [1.807, 2.05) is 0 Å². The predicted molar refractivity (Wildman–Crippen MR) is 82.2 cm³/mol. The summed E-state index contributed by atoms with van der Waals surface area (Å²) in [5, 5.41) is 3.05. The summed E-state index contributed by atoms with van der Waals surface area (Å²) in [6.07, 6.45) is 7.16. The van der Waals surface area contributed by atoms with Gasteiger partial charge in [-0.2, -0.15) is 0 Å². The van der Waals surface area contributed by atoms with Gasteiger partial charge in [-0.25, -0.2) is 0 Å². The van der Waals surface area contributed by atoms with Crippen LogP contribution in [0.5, 0.6) is 0 Å². The van der Waals surface area contributed by atoms with Crippen molar-refractivity contribution in [3.05, 3.63) is 47.5 Å². The van der Waals surface area contributed by atoms with Crippen LogP contribution in [0, 0.1) is 5.92 Å². The molecule has 1 N–H and O–H groups in total. The molecule has 1 aromatic rings. The van der Waals surface area contributed by atoms with E-state index in [4.69, 9.17) is 0 Å². The van der Waals surface area contributed by atoms with Crippen LogP contribution >= 0.6 is 0 Å². The fraction of sp³-hybridized carbons (Fsp3) is 0.471. The highest BCUT2D eigenvalue weighted by Gasteiger charge is 2.17. The second-order valence-corrected chi connectivity index (χ2v) is 5.75. The molecule has 1 aliphatic carbocycles. The number of amides is 1. The molecule has 1 aliphatic rings. The lowest BCUT2D eigenvalue weighted by Gasteiger charge is -2.17. The predicted octanol–water partition coefficient (Wildman–Crippen LogP) is 2.72. The molecule has 0 aromatic heterocycles. The number of nitrogens with zero attached hydrogens (tertiary/aromatic N) is 1. The maximum absolute atomic E-state index is 12.0. The van der Waals surface area contributed by atoms with E-state index < -0.39 is 0 Å². The lowest BCUT2D eigenvalue weighted by molar-refractivity contribution is -0.125. The van der Waals surface area contributed by atoms with Crippen molar-refractivity contribution in [2.24, 2.45) is 5.92 Å². The lowest BCUT2D eigenvalue weighted by Crippen LogP contribution is -2.30. The van der Waals surface area contributed by atoms with Crippen LogP contribution in [0.25, 0.3) is 0 Å². The quantitative estimate of drug-likeness (QED) is 0.836. The van der Waals surface area contributed by atoms with Gasteiger partial charge in [-0.1, -0.05) is 36.4 Å². The average molecular weight is 272 g/mol. The van der Waals surface area contributed by atoms with Gasteiger partial charge in [0, 0.05) is 19.0 Å². The molecule has 0 bridgehead atoms. The number of hydrogen-bond acceptors (Lipinski definition) is 2. The van der Waals surface area contributed by atoms with Crippen molar-refractivity contribution < 1.29 is 4.79 Å². The molecule has 0 saturated carbocycles. The van der Waals surface area contributed by atoms with Crippen molar-refractivity contribution in [3.8, 4) is 0 Å². The van der Waals surface area contributed by atoms with Crippen LogP contribution in [0.15, 0.2) is 36.4 Å². The molecular weight excluding hydrogens is 248 g/mol. The lowest BCUT2D eigenvalue weighted by atomic mass is 9.93. The molecule has 1 unspecified atom stereocenters. The Morgan fingerprint density at radius 1 is 1.20 bits per heavy atom. The van der Waals surface area contributed by atoms with Crippen molar-refractivity contribution in [1.82, 2.24) is 10.2 Å². The highest BCUT2D eigenvalue weighted by molar-refractivity contribution is 5.78. The number of rotatable bonds is 5. The minimum atomic E-state index is 0.160. The number of carbonyl (C=O) groups is 1. The summed E-state index contributed by atoms with van der Waals surface area (Å²) in [6.45, 7) is 1.57. The first kappa shape index (κ1) is 14.8. The molecule has 0 aliphatic heterocycles. The first-order valence-corrected chi connectivity index (χ1v) is 7.30. The highest BCUT2D eigenvalue weighted by atomic mass is 16.1. The van der Waals surface area contributed by atoms with Crippen LogP contribution in [0.4, 0.5) is 0 Å². The van der Waals surface area contributed by atoms with E-state index in [1.54, 1.807) is 0 Å². The normalized spacial score (nSPS) is 18.2. The van der Waals surface area contributed by atoms with Crippen molar-refractivity contribution in [2.75, 3.05) is 14.1 Å². The summed E-state index contributed by atoms with van der Waals surface area (Å²) in [5.41, 5.74) is 2.45. The van der Waals surface area contributed by atoms with Crippen molar-refractivity contribution >= 4 is 5.91 Å². The first-order valence-electron chi connectivity index (χ1n) is 7.30. The smallest absolute Gasteiger partial charge is 0.223 e. The fourth-order valence-electron chi connectivity index (χ4n) is 2.49. The molecule has 1 atom stereocenters. The summed E-state index contributed by atoms with van der Waals surface area (Å²) < 4.78 is 0. The first-order chi connectivity index (χ1) is 9.65. The molecule has 0 saturated heterocycles. The molecule has 1 aromatic carbocycles. The van der Waals surface area contributed by atoms with Gasteiger partial charge in [-0.3, -0.25) is 4.79 Å². The molecule has 1 amide bonds. The molecule has 3 nitrogen and oxygen atoms in total. The zero-order valence-corrected chi connectivity index (χ0v) is 12.4. The van der Waals surface area contributed by atoms with E-state index in [0.717, 1.165) is 31.4 Å². The van der Waals surface area contributed by atoms with Crippen molar-refractivity contribution in [2.45, 2.75) is 32.4 Å². The minimum absolute atomic E-state index is 0.160. The van der Waals surface area contributed by atoms with Gasteiger partial charge in [-0.05, 0) is 44.5 Å². The fourth-order valence-corrected chi connectivity index (χ4v) is 2.49. The van der Waals surface area contributed by atoms with Crippen molar-refractivity contribution in [3.63, 3.8) is 0 Å². The zero-order valence-electron chi connectivity index (χ0n) is 12.4. The Balaban J connectivity index is 1.81. The summed E-state index contributed by atoms with van der Waals surface area (Å²) in [4.78, 5) is 14.2. The maximum Gasteiger partial charge on any atom is 0.223 e. The van der Waals surface area contributed by atoms with Gasteiger partial charge >= 0.3 is 0 Å². The van der Waals surface area contributed by atoms with Crippen molar-refractivity contribution in [1.29, 1.82) is 0 Å². The number of benzene rings is 1. The van der Waals surface area contributed by atoms with Crippen LogP contribution in [-0.4, -0.2) is 24.9 Å². The van der Waals surface area contributed by atoms with Crippen LogP contribution in [0.2, 0.25) is 0 Å². The summed E-state index contributed by atoms with van der Waals surface area (Å²) in [5.74, 6) is 0.347. The number of carbonyl (C=O) groups excluding carboxylic acids is 1. The molecule has 3 heteroatoms. The Hall–Kier alpha value is -1.61. The van der Waals surface area contributed by atoms with Crippen LogP contribution in [0.1, 0.15) is 30.4 Å². The standard InChI is InChI=1S/C17H24N2O/c1-19(2)13-15-10-8-14(9-11-15)12-18-17(20)16-6-4-3-5-7-16/h3-4,8-11,16H,5-7,12-13H2,1-2H3,(H,18,20). The summed E-state index contributed by atoms with van der Waals surface area (Å²) in [6, 6.07) is 8.45. The minimum Gasteiger partial charge on any atom is -0.352 e. The second kappa shape index (κ2) is 7.25. The van der Waals surface area contributed by atoms with Crippen LogP contribution < -0.4 is 5.32 Å². The van der Waals surface area contributed by atoms with Gasteiger partial charge in [-0.15, -0.1) is 0 Å². The largest absolute Gasteiger partial charge is 0.352 e. The van der Waals surface area contributed by atoms with Crippen LogP contribution in [-0.2, 0) is 17.9 Å². The molecule has 20 heavy (non-hydrogen) atoms. The molecule has 0 heterocycles. The monoisotopic (exact) mass is 272 g/mol. The highest BCUT2D eigenvalue weighted by Crippen LogP contribution is 2.18. The molecule has 108 valence electrons. The van der Waals surface area contributed by atoms with E-state index in [0.29, 0.717) is 6.54 Å². The van der Waals surface area contributed by atoms with E-state index in [9.17, 15) is 4.79 Å². The van der Waals surface area contributed by atoms with E-state index in [1.165, 1.54) is 5.56 Å². The third-order valence-corrected chi connectivity index (χ3v) is 3.63. The second-order valence-electron chi connectivity index (χ2n) is 5.75. The van der Waals surface area contributed by atoms with Gasteiger partial charge in [0.2, 0.25) is 5.91 Å². The van der Waals surface area contributed by atoms with Gasteiger partial charge in [0.25, 0.3) is 0 Å². The zero-order chi connectivity index (χ0) is 14.4. The van der Waals surface area contributed by atoms with Gasteiger partial charge in [0.05, 0.1) is 0 Å². The number of allylic oxidation sites excluding steroid dienone is 2. The van der Waals surface area contributed by atoms with Crippen LogP contribution in [0.3, 0.4) is 0 Å². The van der Waals surface area contributed by atoms with E-state index in [-0.39, 0.29) is 11.8 Å². The third-order valence-electron chi connectivity index (χ3n) is 3.63.